The third-order valence-corrected chi connectivity index (χ3v) is 8.01. The first-order chi connectivity index (χ1) is 20.4. The average molecular weight is 532 g/mol. The molecule has 0 spiro atoms. The monoisotopic (exact) mass is 532 g/mol. The van der Waals surface area contributed by atoms with Crippen molar-refractivity contribution in [1.82, 2.24) is 0 Å². The second-order valence-electron chi connectivity index (χ2n) is 11.4. The van der Waals surface area contributed by atoms with E-state index in [0.717, 1.165) is 39.1 Å². The van der Waals surface area contributed by atoms with Crippen LogP contribution in [0.4, 0.5) is 0 Å². The topological polar surface area (TPSA) is 0 Å². The van der Waals surface area contributed by atoms with Crippen LogP contribution in [0.3, 0.4) is 0 Å². The van der Waals surface area contributed by atoms with Crippen molar-refractivity contribution in [1.29, 1.82) is 0 Å². The summed E-state index contributed by atoms with van der Waals surface area (Å²) in [6.45, 7) is 4.29. The Morgan fingerprint density at radius 3 is 2.12 bits per heavy atom. The number of hydrogen-bond acceptors (Lipinski definition) is 0. The molecule has 0 unspecified atom stereocenters. The van der Waals surface area contributed by atoms with E-state index in [1.165, 1.54) is 59.9 Å². The molecule has 0 N–H and O–H groups in total. The van der Waals surface area contributed by atoms with Gasteiger partial charge in [0.1, 0.15) is 0 Å². The van der Waals surface area contributed by atoms with Gasteiger partial charge in [-0.15, -0.1) is 0 Å². The van der Waals surface area contributed by atoms with E-state index in [-0.39, 0.29) is 0 Å². The summed E-state index contributed by atoms with van der Waals surface area (Å²) >= 11 is 0. The number of benzene rings is 5. The Morgan fingerprint density at radius 1 is 0.714 bits per heavy atom. The van der Waals surface area contributed by atoms with Crippen LogP contribution in [0.2, 0.25) is 0 Å². The molecule has 5 aromatic carbocycles. The van der Waals surface area contributed by atoms with Gasteiger partial charge in [-0.2, -0.15) is 0 Å². The Kier molecular flexibility index (Phi) is 9.75. The molecule has 0 bridgehead atoms. The Morgan fingerprint density at radius 2 is 1.36 bits per heavy atom. The molecule has 0 aliphatic heterocycles. The number of rotatable bonds is 11. The van der Waals surface area contributed by atoms with Crippen LogP contribution in [-0.2, 0) is 6.42 Å². The van der Waals surface area contributed by atoms with Crippen molar-refractivity contribution in [2.45, 2.75) is 20.3 Å². The van der Waals surface area contributed by atoms with Gasteiger partial charge in [0.2, 0.25) is 0 Å². The van der Waals surface area contributed by atoms with Crippen molar-refractivity contribution in [2.24, 2.45) is 0 Å². The van der Waals surface area contributed by atoms with Crippen LogP contribution in [-0.4, -0.2) is 60.4 Å². The third kappa shape index (κ3) is 7.29. The summed E-state index contributed by atoms with van der Waals surface area (Å²) in [6.07, 6.45) is 5.29. The molecule has 0 saturated heterocycles. The van der Waals surface area contributed by atoms with Crippen molar-refractivity contribution in [3.05, 3.63) is 144 Å². The van der Waals surface area contributed by atoms with Gasteiger partial charge in [-0.3, -0.25) is 0 Å². The van der Waals surface area contributed by atoms with Crippen LogP contribution in [0, 0.1) is 0 Å². The second-order valence-corrected chi connectivity index (χ2v) is 11.4. The maximum absolute atomic E-state index is 4.46. The van der Waals surface area contributed by atoms with Crippen molar-refractivity contribution < 1.29 is 0 Å². The zero-order chi connectivity index (χ0) is 29.5. The fourth-order valence-corrected chi connectivity index (χ4v) is 5.91. The molecule has 0 nitrogen and oxygen atoms in total. The molecule has 0 atom stereocenters. The molecule has 42 heavy (non-hydrogen) atoms. The normalized spacial score (nSPS) is 11.7. The Bertz CT molecular complexity index is 1850. The van der Waals surface area contributed by atoms with Crippen molar-refractivity contribution >= 4 is 92.9 Å². The molecular weight excluding hydrogens is 497 g/mol. The van der Waals surface area contributed by atoms with E-state index in [1.54, 1.807) is 0 Å². The number of hydrogen-bond donors (Lipinski definition) is 0. The molecule has 6 heteroatoms. The number of fused-ring (bicyclic) bond motifs is 2. The molecule has 0 aromatic heterocycles. The van der Waals surface area contributed by atoms with Gasteiger partial charge in [-0.1, -0.05) is 0 Å². The van der Waals surface area contributed by atoms with Crippen LogP contribution in [0.25, 0.3) is 21.5 Å². The van der Waals surface area contributed by atoms with Crippen molar-refractivity contribution in [3.63, 3.8) is 0 Å². The summed E-state index contributed by atoms with van der Waals surface area (Å²) in [5, 5.41) is 7.48. The average Bonchev–Trinajstić information content (AvgIpc) is 3.00. The van der Waals surface area contributed by atoms with Crippen LogP contribution in [0.5, 0.6) is 0 Å². The van der Waals surface area contributed by atoms with Crippen molar-refractivity contribution in [3.8, 4) is 0 Å². The van der Waals surface area contributed by atoms with E-state index < -0.39 is 0 Å². The summed E-state index contributed by atoms with van der Waals surface area (Å²) in [7, 11) is 15.9. The fraction of sp³-hybridized carbons (Fsp3) is 0.0833. The molecule has 0 radical (unpaired) electrons. The molecule has 196 valence electrons. The third-order valence-electron chi connectivity index (χ3n) is 8.01. The van der Waals surface area contributed by atoms with Crippen LogP contribution >= 0.6 is 0 Å². The molecule has 0 fully saturated rings. The predicted octanol–water partition coefficient (Wildman–Crippen LogP) is 2.79. The zero-order valence-corrected chi connectivity index (χ0v) is 25.0. The van der Waals surface area contributed by atoms with E-state index in [4.69, 9.17) is 0 Å². The van der Waals surface area contributed by atoms with Crippen LogP contribution in [0.15, 0.2) is 132 Å². The molecule has 5 aromatic rings. The molecule has 0 amide bonds. The Balaban J connectivity index is 1.21. The van der Waals surface area contributed by atoms with Gasteiger partial charge < -0.3 is 0 Å². The fourth-order valence-electron chi connectivity index (χ4n) is 5.91. The van der Waals surface area contributed by atoms with Gasteiger partial charge in [0.25, 0.3) is 0 Å². The van der Waals surface area contributed by atoms with Crippen LogP contribution in [0.1, 0.15) is 25.0 Å². The van der Waals surface area contributed by atoms with E-state index in [0.29, 0.717) is 0 Å². The second kappa shape index (κ2) is 13.8. The summed E-state index contributed by atoms with van der Waals surface area (Å²) in [5.74, 6) is 0. The molecule has 0 aliphatic rings. The Labute approximate surface area is 255 Å². The minimum atomic E-state index is 0.835. The van der Waals surface area contributed by atoms with Crippen molar-refractivity contribution in [2.75, 3.05) is 0 Å². The van der Waals surface area contributed by atoms with E-state index >= 15 is 0 Å². The summed E-state index contributed by atoms with van der Waals surface area (Å²) in [4.78, 5) is 0. The predicted molar refractivity (Wildman–Crippen MR) is 202 cm³/mol. The quantitative estimate of drug-likeness (QED) is 0.182. The van der Waals surface area contributed by atoms with Gasteiger partial charge in [0.05, 0.1) is 0 Å². The van der Waals surface area contributed by atoms with Gasteiger partial charge in [-0.05, 0) is 0 Å². The van der Waals surface area contributed by atoms with Crippen LogP contribution < -0.4 is 10.9 Å². The summed E-state index contributed by atoms with van der Waals surface area (Å²) in [6, 6.07) is 39.0. The van der Waals surface area contributed by atoms with Gasteiger partial charge in [0.15, 0.2) is 0 Å². The first-order valence-electron chi connectivity index (χ1n) is 14.8. The molecule has 0 saturated carbocycles. The van der Waals surface area contributed by atoms with Gasteiger partial charge in [-0.25, -0.2) is 0 Å². The number of allylic oxidation sites excluding steroid dienone is 4. The molecule has 0 aliphatic carbocycles. The Hall–Kier alpha value is -3.90. The van der Waals surface area contributed by atoms with Gasteiger partial charge >= 0.3 is 257 Å². The first kappa shape index (κ1) is 29.6. The zero-order valence-electron chi connectivity index (χ0n) is 25.0. The molecule has 5 rings (SSSR count). The summed E-state index contributed by atoms with van der Waals surface area (Å²) < 4.78 is 0. The van der Waals surface area contributed by atoms with E-state index in [2.05, 4.69) is 158 Å². The van der Waals surface area contributed by atoms with E-state index in [9.17, 15) is 0 Å². The maximum atomic E-state index is 4.46. The standard InChI is InChI=1S/C36H34B6/c1-3-25(35(38)42-34-20-10-14-27-12-5-7-19-32(27)34)21-24(2)40-36(39)41-30-17-9-16-29(22-30)33(37)23-28-15-8-13-26-11-4-6-18-31(26)28/h3-22,37-42H,23H2,1-2H3/b24-21+,25-3+. The summed E-state index contributed by atoms with van der Waals surface area (Å²) in [5.41, 5.74) is 8.73. The van der Waals surface area contributed by atoms with E-state index in [1.807, 2.05) is 0 Å². The molecule has 0 heterocycles. The van der Waals surface area contributed by atoms with Gasteiger partial charge in [0, 0.05) is 0 Å². The minimum absolute atomic E-state index is 0.835. The first-order valence-corrected chi connectivity index (χ1v) is 14.8. The molecular formula is C36H34B6. The SMILES string of the molecule is B=C(B/C(C)=C/C(=C\C)C(=B)Bc1cccc2ccccc12)Bc1cccc(C(=B)Cc2cccc3ccccc23)c1.